The minimum absolute atomic E-state index is 0.00391. The van der Waals surface area contributed by atoms with Gasteiger partial charge in [-0.1, -0.05) is 0 Å². The van der Waals surface area contributed by atoms with Crippen LogP contribution in [0.3, 0.4) is 0 Å². The molecule has 1 aromatic carbocycles. The number of primary amides is 1. The Morgan fingerprint density at radius 2 is 2.05 bits per heavy atom. The Labute approximate surface area is 130 Å². The van der Waals surface area contributed by atoms with E-state index in [1.165, 1.54) is 12.1 Å². The molecule has 4 nitrogen and oxygen atoms in total. The minimum Gasteiger partial charge on any atom is -0.369 e. The summed E-state index contributed by atoms with van der Waals surface area (Å²) < 4.78 is 28.2. The molecule has 1 heterocycles. The van der Waals surface area contributed by atoms with E-state index in [1.807, 2.05) is 0 Å². The smallest absolute Gasteiger partial charge is 0.231 e. The van der Waals surface area contributed by atoms with Gasteiger partial charge in [0.2, 0.25) is 5.91 Å². The first-order chi connectivity index (χ1) is 9.99. The second kappa shape index (κ2) is 7.29. The van der Waals surface area contributed by atoms with Crippen LogP contribution in [0.5, 0.6) is 0 Å². The van der Waals surface area contributed by atoms with E-state index in [2.05, 4.69) is 21.2 Å². The van der Waals surface area contributed by atoms with Crippen molar-refractivity contribution < 1.29 is 13.6 Å². The molecule has 1 fully saturated rings. The third-order valence-corrected chi connectivity index (χ3v) is 4.30. The average Bonchev–Trinajstić information content (AvgIpc) is 2.47. The lowest BCUT2D eigenvalue weighted by atomic mass is 10.0. The van der Waals surface area contributed by atoms with Gasteiger partial charge in [0.15, 0.2) is 0 Å². The Bertz CT molecular complexity index is 521. The molecule has 1 saturated heterocycles. The Morgan fingerprint density at radius 3 is 2.67 bits per heavy atom. The highest BCUT2D eigenvalue weighted by Gasteiger charge is 2.25. The van der Waals surface area contributed by atoms with Gasteiger partial charge in [-0.15, -0.1) is 0 Å². The van der Waals surface area contributed by atoms with E-state index in [4.69, 9.17) is 5.73 Å². The molecule has 0 atom stereocenters. The van der Waals surface area contributed by atoms with Crippen LogP contribution in [0.15, 0.2) is 16.6 Å². The van der Waals surface area contributed by atoms with Crippen LogP contribution < -0.4 is 11.1 Å². The zero-order chi connectivity index (χ0) is 15.4. The molecule has 1 aliphatic heterocycles. The molecule has 1 aliphatic rings. The van der Waals surface area contributed by atoms with Crippen molar-refractivity contribution in [2.45, 2.75) is 25.4 Å². The number of piperidine rings is 1. The fraction of sp³-hybridized carbons (Fsp3) is 0.500. The van der Waals surface area contributed by atoms with Crippen LogP contribution in [0, 0.1) is 11.6 Å². The van der Waals surface area contributed by atoms with Crippen molar-refractivity contribution in [1.82, 2.24) is 10.2 Å². The van der Waals surface area contributed by atoms with Gasteiger partial charge in [-0.2, -0.15) is 0 Å². The number of nitrogens with zero attached hydrogens (tertiary/aromatic N) is 1. The predicted octanol–water partition coefficient (Wildman–Crippen LogP) is 1.77. The Balaban J connectivity index is 2.22. The van der Waals surface area contributed by atoms with E-state index in [1.54, 1.807) is 4.90 Å². The molecule has 0 saturated carbocycles. The molecule has 7 heteroatoms. The third-order valence-electron chi connectivity index (χ3n) is 3.68. The molecule has 116 valence electrons. The number of carbonyl (C=O) groups excluding carboxylic acids is 1. The normalized spacial score (nSPS) is 16.4. The second-order valence-electron chi connectivity index (χ2n) is 5.17. The first-order valence-corrected chi connectivity index (χ1v) is 7.63. The van der Waals surface area contributed by atoms with Crippen molar-refractivity contribution in [2.24, 2.45) is 5.73 Å². The van der Waals surface area contributed by atoms with Gasteiger partial charge in [-0.3, -0.25) is 9.69 Å². The fourth-order valence-electron chi connectivity index (χ4n) is 2.60. The minimum atomic E-state index is -0.626. The quantitative estimate of drug-likeness (QED) is 0.785. The average molecular weight is 362 g/mol. The van der Waals surface area contributed by atoms with Gasteiger partial charge in [0.05, 0.1) is 11.0 Å². The summed E-state index contributed by atoms with van der Waals surface area (Å²) >= 11 is 3.06. The predicted molar refractivity (Wildman–Crippen MR) is 79.6 cm³/mol. The molecule has 1 aromatic rings. The zero-order valence-corrected chi connectivity index (χ0v) is 13.1. The van der Waals surface area contributed by atoms with Crippen molar-refractivity contribution in [3.63, 3.8) is 0 Å². The van der Waals surface area contributed by atoms with Crippen molar-refractivity contribution >= 4 is 21.8 Å². The molecule has 0 spiro atoms. The largest absolute Gasteiger partial charge is 0.369 e. The number of benzene rings is 1. The molecule has 0 bridgehead atoms. The highest BCUT2D eigenvalue weighted by atomic mass is 79.9. The van der Waals surface area contributed by atoms with Crippen LogP contribution in [0.2, 0.25) is 0 Å². The van der Waals surface area contributed by atoms with Crippen LogP contribution in [0.4, 0.5) is 8.78 Å². The van der Waals surface area contributed by atoms with Crippen LogP contribution in [0.1, 0.15) is 18.4 Å². The van der Waals surface area contributed by atoms with E-state index < -0.39 is 17.5 Å². The topological polar surface area (TPSA) is 58.4 Å². The number of rotatable bonds is 5. The van der Waals surface area contributed by atoms with Gasteiger partial charge < -0.3 is 11.1 Å². The van der Waals surface area contributed by atoms with Crippen LogP contribution in [-0.2, 0) is 11.3 Å². The monoisotopic (exact) mass is 361 g/mol. The summed E-state index contributed by atoms with van der Waals surface area (Å²) in [7, 11) is 0. The Kier molecular flexibility index (Phi) is 5.66. The van der Waals surface area contributed by atoms with Crippen molar-refractivity contribution in [3.8, 4) is 0 Å². The summed E-state index contributed by atoms with van der Waals surface area (Å²) in [5.41, 5.74) is 5.23. The maximum absolute atomic E-state index is 14.1. The van der Waals surface area contributed by atoms with E-state index in [-0.39, 0.29) is 29.2 Å². The molecule has 3 N–H and O–H groups in total. The highest BCUT2D eigenvalue weighted by Crippen LogP contribution is 2.24. The number of halogens is 3. The Hall–Kier alpha value is -1.05. The maximum atomic E-state index is 14.1. The summed E-state index contributed by atoms with van der Waals surface area (Å²) in [6, 6.07) is 2.64. The van der Waals surface area contributed by atoms with Gasteiger partial charge >= 0.3 is 0 Å². The van der Waals surface area contributed by atoms with Crippen LogP contribution in [0.25, 0.3) is 0 Å². The standard InChI is InChI=1S/C14H18BrF2N3O/c15-11-1-2-12(16)10(14(11)17)7-20(8-13(18)21)9-3-5-19-6-4-9/h1-2,9,19H,3-8H2,(H2,18,21). The van der Waals surface area contributed by atoms with Gasteiger partial charge in [-0.05, 0) is 54.0 Å². The molecule has 21 heavy (non-hydrogen) atoms. The molecule has 0 aromatic heterocycles. The number of hydrogen-bond acceptors (Lipinski definition) is 3. The van der Waals surface area contributed by atoms with Crippen LogP contribution >= 0.6 is 15.9 Å². The fourth-order valence-corrected chi connectivity index (χ4v) is 2.97. The Morgan fingerprint density at radius 1 is 1.38 bits per heavy atom. The molecule has 1 amide bonds. The van der Waals surface area contributed by atoms with Crippen molar-refractivity contribution in [1.29, 1.82) is 0 Å². The number of carbonyl (C=O) groups is 1. The van der Waals surface area contributed by atoms with Crippen molar-refractivity contribution in [3.05, 3.63) is 33.8 Å². The third kappa shape index (κ3) is 4.21. The van der Waals surface area contributed by atoms with Gasteiger partial charge in [0.25, 0.3) is 0 Å². The number of nitrogens with two attached hydrogens (primary N) is 1. The molecule has 0 aliphatic carbocycles. The summed E-state index contributed by atoms with van der Waals surface area (Å²) in [5.74, 6) is -1.73. The SMILES string of the molecule is NC(=O)CN(Cc1c(F)ccc(Br)c1F)C1CCNCC1. The highest BCUT2D eigenvalue weighted by molar-refractivity contribution is 9.10. The molecular formula is C14H18BrF2N3O. The summed E-state index contributed by atoms with van der Waals surface area (Å²) in [5, 5.41) is 3.22. The van der Waals surface area contributed by atoms with Gasteiger partial charge in [-0.25, -0.2) is 8.78 Å². The lowest BCUT2D eigenvalue weighted by Crippen LogP contribution is -2.46. The lowest BCUT2D eigenvalue weighted by Gasteiger charge is -2.34. The summed E-state index contributed by atoms with van der Waals surface area (Å²) in [6.07, 6.45) is 1.65. The van der Waals surface area contributed by atoms with E-state index >= 15 is 0 Å². The zero-order valence-electron chi connectivity index (χ0n) is 11.5. The van der Waals surface area contributed by atoms with Gasteiger partial charge in [0.1, 0.15) is 11.6 Å². The molecular weight excluding hydrogens is 344 g/mol. The number of nitrogens with one attached hydrogen (secondary N) is 1. The first-order valence-electron chi connectivity index (χ1n) is 6.84. The second-order valence-corrected chi connectivity index (χ2v) is 6.03. The summed E-state index contributed by atoms with van der Waals surface area (Å²) in [4.78, 5) is 13.0. The summed E-state index contributed by atoms with van der Waals surface area (Å²) in [6.45, 7) is 1.67. The maximum Gasteiger partial charge on any atom is 0.231 e. The number of hydrogen-bond donors (Lipinski definition) is 2. The lowest BCUT2D eigenvalue weighted by molar-refractivity contribution is -0.120. The van der Waals surface area contributed by atoms with Crippen molar-refractivity contribution in [2.75, 3.05) is 19.6 Å². The first kappa shape index (κ1) is 16.3. The van der Waals surface area contributed by atoms with E-state index in [0.717, 1.165) is 25.9 Å². The molecule has 2 rings (SSSR count). The molecule has 0 radical (unpaired) electrons. The van der Waals surface area contributed by atoms with Crippen LogP contribution in [-0.4, -0.2) is 36.5 Å². The van der Waals surface area contributed by atoms with E-state index in [0.29, 0.717) is 0 Å². The van der Waals surface area contributed by atoms with E-state index in [9.17, 15) is 13.6 Å². The number of amides is 1. The van der Waals surface area contributed by atoms with Gasteiger partial charge in [0, 0.05) is 18.2 Å². The molecule has 0 unspecified atom stereocenters.